The maximum absolute atomic E-state index is 12.3. The number of ether oxygens (including phenoxy) is 1. The zero-order valence-corrected chi connectivity index (χ0v) is 20.7. The van der Waals surface area contributed by atoms with Crippen LogP contribution in [0.1, 0.15) is 22.4 Å². The molecule has 0 aliphatic carbocycles. The highest BCUT2D eigenvalue weighted by Crippen LogP contribution is 2.13. The Kier molecular flexibility index (Phi) is 11.6. The summed E-state index contributed by atoms with van der Waals surface area (Å²) in [5.74, 6) is 0.625. The molecule has 0 amide bonds. The Labute approximate surface area is 193 Å². The monoisotopic (exact) mass is 553 g/mol. The molecule has 0 spiro atoms. The second-order valence-electron chi connectivity index (χ2n) is 5.89. The van der Waals surface area contributed by atoms with Crippen LogP contribution in [0.5, 0.6) is 0 Å². The first-order valence-corrected chi connectivity index (χ1v) is 11.2. The Bertz CT molecular complexity index is 887. The van der Waals surface area contributed by atoms with Crippen LogP contribution in [0.15, 0.2) is 40.4 Å². The van der Waals surface area contributed by atoms with Gasteiger partial charge in [0.2, 0.25) is 10.0 Å². The van der Waals surface area contributed by atoms with E-state index in [0.29, 0.717) is 25.7 Å². The molecule has 0 bridgehead atoms. The van der Waals surface area contributed by atoms with Crippen molar-refractivity contribution in [1.29, 1.82) is 0 Å². The fourth-order valence-electron chi connectivity index (χ4n) is 2.34. The van der Waals surface area contributed by atoms with Gasteiger partial charge in [0.25, 0.3) is 0 Å². The summed E-state index contributed by atoms with van der Waals surface area (Å²) in [7, 11) is -0.340. The van der Waals surface area contributed by atoms with E-state index in [9.17, 15) is 8.42 Å². The minimum atomic E-state index is -3.56. The maximum atomic E-state index is 12.3. The standard InChI is InChI=1S/C18H27N5O3S2.HI/c1-4-15-12-20-17(27-15)13-22-18(19-2)21-11-14-6-5-7-16(10-14)28(24,25)23-8-9-26-3;/h5-7,10,12,23H,4,8-9,11,13H2,1-3H3,(H2,19,21,22);1H. The average Bonchev–Trinajstić information content (AvgIpc) is 3.16. The molecule has 0 atom stereocenters. The Balaban J connectivity index is 0.00000420. The van der Waals surface area contributed by atoms with Crippen LogP contribution in [0, 0.1) is 0 Å². The van der Waals surface area contributed by atoms with E-state index in [4.69, 9.17) is 4.74 Å². The molecule has 1 aromatic carbocycles. The summed E-state index contributed by atoms with van der Waals surface area (Å²) in [6.07, 6.45) is 2.87. The van der Waals surface area contributed by atoms with E-state index in [-0.39, 0.29) is 35.4 Å². The molecule has 0 aliphatic heterocycles. The van der Waals surface area contributed by atoms with Gasteiger partial charge in [-0.15, -0.1) is 35.3 Å². The minimum Gasteiger partial charge on any atom is -0.383 e. The van der Waals surface area contributed by atoms with E-state index in [1.807, 2.05) is 12.3 Å². The van der Waals surface area contributed by atoms with E-state index in [1.54, 1.807) is 36.6 Å². The van der Waals surface area contributed by atoms with Crippen LogP contribution >= 0.6 is 35.3 Å². The van der Waals surface area contributed by atoms with E-state index >= 15 is 0 Å². The molecule has 162 valence electrons. The maximum Gasteiger partial charge on any atom is 0.240 e. The quantitative estimate of drug-likeness (QED) is 0.180. The second kappa shape index (κ2) is 13.1. The van der Waals surface area contributed by atoms with E-state index in [1.165, 1.54) is 12.0 Å². The van der Waals surface area contributed by atoms with Crippen molar-refractivity contribution < 1.29 is 13.2 Å². The predicted molar refractivity (Wildman–Crippen MR) is 127 cm³/mol. The molecule has 1 heterocycles. The number of halogens is 1. The smallest absolute Gasteiger partial charge is 0.240 e. The Morgan fingerprint density at radius 3 is 2.69 bits per heavy atom. The second-order valence-corrected chi connectivity index (χ2v) is 8.86. The highest BCUT2D eigenvalue weighted by Gasteiger charge is 2.13. The Morgan fingerprint density at radius 2 is 2.03 bits per heavy atom. The Morgan fingerprint density at radius 1 is 1.28 bits per heavy atom. The molecule has 0 aliphatic rings. The van der Waals surface area contributed by atoms with Crippen LogP contribution in [-0.4, -0.2) is 46.7 Å². The number of nitrogens with zero attached hydrogens (tertiary/aromatic N) is 2. The lowest BCUT2D eigenvalue weighted by atomic mass is 10.2. The molecule has 1 aromatic heterocycles. The SMILES string of the molecule is CCc1cnc(CNC(=NC)NCc2cccc(S(=O)(=O)NCCOC)c2)s1.I. The zero-order chi connectivity index (χ0) is 20.4. The number of aliphatic imine (C=N–C) groups is 1. The normalized spacial score (nSPS) is 11.8. The van der Waals surface area contributed by atoms with Crippen LogP contribution < -0.4 is 15.4 Å². The molecule has 0 saturated heterocycles. The predicted octanol–water partition coefficient (Wildman–Crippen LogP) is 2.11. The van der Waals surface area contributed by atoms with Crippen LogP contribution in [0.2, 0.25) is 0 Å². The summed E-state index contributed by atoms with van der Waals surface area (Å²) < 4.78 is 32.0. The number of sulfonamides is 1. The van der Waals surface area contributed by atoms with Gasteiger partial charge in [-0.25, -0.2) is 18.1 Å². The highest BCUT2D eigenvalue weighted by molar-refractivity contribution is 14.0. The summed E-state index contributed by atoms with van der Waals surface area (Å²) in [5.41, 5.74) is 0.833. The number of guanidine groups is 1. The molecule has 3 N–H and O–H groups in total. The van der Waals surface area contributed by atoms with Gasteiger partial charge in [-0.05, 0) is 24.1 Å². The fourth-order valence-corrected chi connectivity index (χ4v) is 4.23. The molecule has 29 heavy (non-hydrogen) atoms. The number of methoxy groups -OCH3 is 1. The molecule has 0 saturated carbocycles. The first kappa shape index (κ1) is 25.8. The van der Waals surface area contributed by atoms with Crippen molar-refractivity contribution in [2.24, 2.45) is 4.99 Å². The van der Waals surface area contributed by atoms with Crippen molar-refractivity contribution in [1.82, 2.24) is 20.3 Å². The molecule has 0 fully saturated rings. The van der Waals surface area contributed by atoms with Crippen molar-refractivity contribution in [2.75, 3.05) is 27.3 Å². The number of aryl methyl sites for hydroxylation is 1. The van der Waals surface area contributed by atoms with Gasteiger partial charge in [-0.1, -0.05) is 19.1 Å². The van der Waals surface area contributed by atoms with Gasteiger partial charge < -0.3 is 15.4 Å². The van der Waals surface area contributed by atoms with Crippen molar-refractivity contribution in [3.63, 3.8) is 0 Å². The summed E-state index contributed by atoms with van der Waals surface area (Å²) in [4.78, 5) is 10.0. The fraction of sp³-hybridized carbons (Fsp3) is 0.444. The topological polar surface area (TPSA) is 105 Å². The number of hydrogen-bond donors (Lipinski definition) is 3. The van der Waals surface area contributed by atoms with Crippen molar-refractivity contribution >= 4 is 51.3 Å². The highest BCUT2D eigenvalue weighted by atomic mass is 127. The van der Waals surface area contributed by atoms with Gasteiger partial charge in [-0.2, -0.15) is 0 Å². The lowest BCUT2D eigenvalue weighted by Gasteiger charge is -2.12. The third-order valence-corrected chi connectivity index (χ3v) is 6.45. The molecule has 0 unspecified atom stereocenters. The third kappa shape index (κ3) is 8.54. The lowest BCUT2D eigenvalue weighted by molar-refractivity contribution is 0.204. The molecule has 2 rings (SSSR count). The first-order valence-electron chi connectivity index (χ1n) is 8.94. The van der Waals surface area contributed by atoms with Gasteiger partial charge in [-0.3, -0.25) is 4.99 Å². The molecular weight excluding hydrogens is 525 g/mol. The van der Waals surface area contributed by atoms with Gasteiger partial charge in [0.15, 0.2) is 5.96 Å². The van der Waals surface area contributed by atoms with Crippen LogP contribution in [0.25, 0.3) is 0 Å². The molecule has 11 heteroatoms. The zero-order valence-electron chi connectivity index (χ0n) is 16.8. The minimum absolute atomic E-state index is 0. The van der Waals surface area contributed by atoms with E-state index < -0.39 is 10.0 Å². The van der Waals surface area contributed by atoms with Crippen LogP contribution in [0.3, 0.4) is 0 Å². The summed E-state index contributed by atoms with van der Waals surface area (Å²) in [5, 5.41) is 7.40. The van der Waals surface area contributed by atoms with Crippen LogP contribution in [0.4, 0.5) is 0 Å². The largest absolute Gasteiger partial charge is 0.383 e. The van der Waals surface area contributed by atoms with Gasteiger partial charge in [0, 0.05) is 38.3 Å². The summed E-state index contributed by atoms with van der Waals surface area (Å²) >= 11 is 1.67. The van der Waals surface area contributed by atoms with Gasteiger partial charge >= 0.3 is 0 Å². The lowest BCUT2D eigenvalue weighted by Crippen LogP contribution is -2.36. The third-order valence-electron chi connectivity index (χ3n) is 3.85. The van der Waals surface area contributed by atoms with E-state index in [0.717, 1.165) is 17.0 Å². The van der Waals surface area contributed by atoms with Gasteiger partial charge in [0.05, 0.1) is 18.0 Å². The van der Waals surface area contributed by atoms with Crippen LogP contribution in [-0.2, 0) is 34.3 Å². The number of benzene rings is 1. The average molecular weight is 553 g/mol. The van der Waals surface area contributed by atoms with Crippen molar-refractivity contribution in [3.05, 3.63) is 45.9 Å². The number of nitrogens with one attached hydrogen (secondary N) is 3. The molecule has 8 nitrogen and oxygen atoms in total. The number of rotatable bonds is 10. The van der Waals surface area contributed by atoms with E-state index in [2.05, 4.69) is 32.3 Å². The number of thiazole rings is 1. The summed E-state index contributed by atoms with van der Waals surface area (Å²) in [6.45, 7) is 3.68. The van der Waals surface area contributed by atoms with Crippen molar-refractivity contribution in [2.45, 2.75) is 31.3 Å². The molecular formula is C18H28IN5O3S2. The van der Waals surface area contributed by atoms with Crippen molar-refractivity contribution in [3.8, 4) is 0 Å². The first-order chi connectivity index (χ1) is 13.5. The molecule has 2 aromatic rings. The molecule has 0 radical (unpaired) electrons. The van der Waals surface area contributed by atoms with Gasteiger partial charge in [0.1, 0.15) is 5.01 Å². The summed E-state index contributed by atoms with van der Waals surface area (Å²) in [6, 6.07) is 6.80. The Hall–Kier alpha value is -1.28. The number of aromatic nitrogens is 1. The number of hydrogen-bond acceptors (Lipinski definition) is 6.